The highest BCUT2D eigenvalue weighted by atomic mass is 32.2. The van der Waals surface area contributed by atoms with Crippen LogP contribution in [0.5, 0.6) is 0 Å². The summed E-state index contributed by atoms with van der Waals surface area (Å²) < 4.78 is 44.6. The van der Waals surface area contributed by atoms with Crippen molar-refractivity contribution in [1.82, 2.24) is 9.62 Å². The Kier molecular flexibility index (Phi) is 6.27. The number of nitrogens with one attached hydrogen (secondary N) is 1. The van der Waals surface area contributed by atoms with E-state index in [1.54, 1.807) is 0 Å². The highest BCUT2D eigenvalue weighted by Gasteiger charge is 2.40. The average Bonchev–Trinajstić information content (AvgIpc) is 2.86. The van der Waals surface area contributed by atoms with Gasteiger partial charge >= 0.3 is 0 Å². The number of hydrogen-bond acceptors (Lipinski definition) is 3. The topological polar surface area (TPSA) is 15.3 Å². The fourth-order valence-corrected chi connectivity index (χ4v) is 4.16. The number of rotatable bonds is 6. The van der Waals surface area contributed by atoms with Crippen LogP contribution in [0, 0.1) is 11.6 Å². The maximum absolute atomic E-state index is 14.3. The van der Waals surface area contributed by atoms with Gasteiger partial charge in [0.2, 0.25) is 0 Å². The van der Waals surface area contributed by atoms with Crippen LogP contribution in [0.25, 0.3) is 11.1 Å². The number of hydrogen-bond donors (Lipinski definition) is 1. The minimum atomic E-state index is -0.912. The molecule has 0 amide bonds. The van der Waals surface area contributed by atoms with Gasteiger partial charge in [0, 0.05) is 24.4 Å². The molecule has 0 radical (unpaired) electrons. The minimum absolute atomic E-state index is 0.0311. The predicted octanol–water partition coefficient (Wildman–Crippen LogP) is 4.45. The molecule has 0 spiro atoms. The third-order valence-electron chi connectivity index (χ3n) is 4.76. The minimum Gasteiger partial charge on any atom is -0.298 e. The Labute approximate surface area is 156 Å². The lowest BCUT2D eigenvalue weighted by molar-refractivity contribution is 0.291. The van der Waals surface area contributed by atoms with Gasteiger partial charge in [-0.25, -0.2) is 13.2 Å². The second-order valence-corrected chi connectivity index (χ2v) is 7.76. The molecule has 6 heteroatoms. The molecule has 3 atom stereocenters. The van der Waals surface area contributed by atoms with E-state index in [2.05, 4.69) is 4.72 Å². The first-order chi connectivity index (χ1) is 12.5. The number of likely N-dealkylation sites (N-methyl/N-ethyl adjacent to an activating group) is 1. The summed E-state index contributed by atoms with van der Waals surface area (Å²) in [5.74, 6) is -0.315. The van der Waals surface area contributed by atoms with E-state index in [0.717, 1.165) is 22.9 Å². The van der Waals surface area contributed by atoms with Crippen LogP contribution in [-0.2, 0) is 6.42 Å². The van der Waals surface area contributed by atoms with E-state index < -0.39 is 17.8 Å². The lowest BCUT2D eigenvalue weighted by Gasteiger charge is -2.25. The third-order valence-corrected chi connectivity index (χ3v) is 5.49. The van der Waals surface area contributed by atoms with Crippen LogP contribution < -0.4 is 4.72 Å². The van der Waals surface area contributed by atoms with Gasteiger partial charge in [0.1, 0.15) is 17.8 Å². The molecule has 1 saturated heterocycles. The molecule has 1 aliphatic rings. The van der Waals surface area contributed by atoms with E-state index >= 15 is 0 Å². The van der Waals surface area contributed by atoms with Gasteiger partial charge in [-0.2, -0.15) is 0 Å². The second kappa shape index (κ2) is 8.46. The Bertz CT molecular complexity index is 735. The zero-order chi connectivity index (χ0) is 18.7. The summed E-state index contributed by atoms with van der Waals surface area (Å²) in [6.07, 6.45) is -0.241. The third kappa shape index (κ3) is 4.42. The standard InChI is InChI=1S/C20H23F3N2S/c1-3-26-24-20-18(23)12-25(2)19(20)8-13-5-4-6-14(7-13)15-9-16(21)11-17(22)10-15/h4-7,9-11,18-20,24H,3,8,12H2,1-2H3. The van der Waals surface area contributed by atoms with Gasteiger partial charge in [-0.05, 0) is 42.3 Å². The SMILES string of the molecule is CCSNC1C(F)CN(C)C1Cc1cccc(-c2cc(F)cc(F)c2)c1. The van der Waals surface area contributed by atoms with E-state index in [9.17, 15) is 13.2 Å². The molecule has 0 bridgehead atoms. The van der Waals surface area contributed by atoms with Crippen LogP contribution in [0.3, 0.4) is 0 Å². The summed E-state index contributed by atoms with van der Waals surface area (Å²) >= 11 is 1.53. The summed E-state index contributed by atoms with van der Waals surface area (Å²) in [4.78, 5) is 2.03. The fourth-order valence-electron chi connectivity index (χ4n) is 3.49. The second-order valence-electron chi connectivity index (χ2n) is 6.66. The number of nitrogens with zero attached hydrogens (tertiary/aromatic N) is 1. The van der Waals surface area contributed by atoms with Gasteiger partial charge in [0.15, 0.2) is 0 Å². The summed E-state index contributed by atoms with van der Waals surface area (Å²) in [7, 11) is 1.93. The summed E-state index contributed by atoms with van der Waals surface area (Å²) in [5.41, 5.74) is 2.28. The van der Waals surface area contributed by atoms with Crippen LogP contribution in [0.15, 0.2) is 42.5 Å². The molecule has 2 nitrogen and oxygen atoms in total. The Balaban J connectivity index is 1.81. The number of alkyl halides is 1. The molecule has 1 heterocycles. The van der Waals surface area contributed by atoms with E-state index in [-0.39, 0.29) is 12.1 Å². The monoisotopic (exact) mass is 380 g/mol. The number of likely N-dealkylation sites (tertiary alicyclic amines) is 1. The van der Waals surface area contributed by atoms with Gasteiger partial charge in [0.05, 0.1) is 6.04 Å². The zero-order valence-corrected chi connectivity index (χ0v) is 15.7. The quantitative estimate of drug-likeness (QED) is 0.746. The van der Waals surface area contributed by atoms with Crippen molar-refractivity contribution in [3.63, 3.8) is 0 Å². The molecule has 2 aromatic carbocycles. The highest BCUT2D eigenvalue weighted by molar-refractivity contribution is 7.97. The fraction of sp³-hybridized carbons (Fsp3) is 0.400. The number of benzene rings is 2. The summed E-state index contributed by atoms with van der Waals surface area (Å²) in [6, 6.07) is 10.9. The summed E-state index contributed by atoms with van der Waals surface area (Å²) in [5, 5.41) is 0. The Morgan fingerprint density at radius 2 is 1.85 bits per heavy atom. The molecule has 1 aliphatic heterocycles. The Morgan fingerprint density at radius 3 is 2.54 bits per heavy atom. The maximum Gasteiger partial charge on any atom is 0.130 e. The van der Waals surface area contributed by atoms with Crippen molar-refractivity contribution in [2.24, 2.45) is 0 Å². The van der Waals surface area contributed by atoms with Gasteiger partial charge in [-0.15, -0.1) is 0 Å². The van der Waals surface area contributed by atoms with Gasteiger partial charge in [-0.3, -0.25) is 9.62 Å². The lowest BCUT2D eigenvalue weighted by Crippen LogP contribution is -2.42. The van der Waals surface area contributed by atoms with Crippen molar-refractivity contribution >= 4 is 11.9 Å². The predicted molar refractivity (Wildman–Crippen MR) is 102 cm³/mol. The summed E-state index contributed by atoms with van der Waals surface area (Å²) in [6.45, 7) is 2.43. The molecule has 3 rings (SSSR count). The van der Waals surface area contributed by atoms with Crippen molar-refractivity contribution in [2.75, 3.05) is 19.3 Å². The smallest absolute Gasteiger partial charge is 0.130 e. The largest absolute Gasteiger partial charge is 0.298 e. The van der Waals surface area contributed by atoms with E-state index in [4.69, 9.17) is 0 Å². The van der Waals surface area contributed by atoms with Crippen molar-refractivity contribution in [2.45, 2.75) is 31.6 Å². The first-order valence-electron chi connectivity index (χ1n) is 8.75. The highest BCUT2D eigenvalue weighted by Crippen LogP contribution is 2.27. The van der Waals surface area contributed by atoms with Crippen LogP contribution in [-0.4, -0.2) is 42.5 Å². The van der Waals surface area contributed by atoms with Crippen LogP contribution >= 0.6 is 11.9 Å². The van der Waals surface area contributed by atoms with Crippen LogP contribution in [0.4, 0.5) is 13.2 Å². The molecule has 0 aliphatic carbocycles. The van der Waals surface area contributed by atoms with Crippen molar-refractivity contribution in [1.29, 1.82) is 0 Å². The van der Waals surface area contributed by atoms with Crippen LogP contribution in [0.1, 0.15) is 12.5 Å². The molecule has 3 unspecified atom stereocenters. The molecule has 0 aromatic heterocycles. The van der Waals surface area contributed by atoms with Gasteiger partial charge < -0.3 is 0 Å². The molecule has 26 heavy (non-hydrogen) atoms. The zero-order valence-electron chi connectivity index (χ0n) is 14.9. The lowest BCUT2D eigenvalue weighted by atomic mass is 9.96. The molecule has 2 aromatic rings. The van der Waals surface area contributed by atoms with E-state index in [0.29, 0.717) is 18.5 Å². The van der Waals surface area contributed by atoms with Gasteiger partial charge in [0.25, 0.3) is 0 Å². The first kappa shape index (κ1) is 19.3. The first-order valence-corrected chi connectivity index (χ1v) is 9.73. The molecule has 140 valence electrons. The molecule has 0 saturated carbocycles. The van der Waals surface area contributed by atoms with Crippen LogP contribution in [0.2, 0.25) is 0 Å². The van der Waals surface area contributed by atoms with Gasteiger partial charge in [-0.1, -0.05) is 43.1 Å². The maximum atomic E-state index is 14.3. The molecular weight excluding hydrogens is 357 g/mol. The van der Waals surface area contributed by atoms with Crippen molar-refractivity contribution in [3.05, 3.63) is 59.7 Å². The molecule has 1 fully saturated rings. The molecule has 1 N–H and O–H groups in total. The normalized spacial score (nSPS) is 23.5. The van der Waals surface area contributed by atoms with Crippen molar-refractivity contribution in [3.8, 4) is 11.1 Å². The Hall–Kier alpha value is -1.50. The van der Waals surface area contributed by atoms with E-state index in [1.165, 1.54) is 24.1 Å². The number of halogens is 3. The van der Waals surface area contributed by atoms with Crippen molar-refractivity contribution < 1.29 is 13.2 Å². The van der Waals surface area contributed by atoms with E-state index in [1.807, 2.05) is 43.1 Å². The average molecular weight is 380 g/mol. The Morgan fingerprint density at radius 1 is 1.12 bits per heavy atom. The molecular formula is C20H23F3N2S.